The number of rotatable bonds is 9. The molecule has 0 N–H and O–H groups in total. The van der Waals surface area contributed by atoms with E-state index in [1.54, 1.807) is 0 Å². The molecule has 0 atom stereocenters. The molecule has 0 spiro atoms. The average molecular weight is 368 g/mol. The molecule has 0 aromatic heterocycles. The van der Waals surface area contributed by atoms with Gasteiger partial charge in [-0.3, -0.25) is 4.57 Å². The summed E-state index contributed by atoms with van der Waals surface area (Å²) in [5.74, 6) is 0. The predicted molar refractivity (Wildman–Crippen MR) is 102 cm³/mol. The summed E-state index contributed by atoms with van der Waals surface area (Å²) in [7, 11) is -6.93. The van der Waals surface area contributed by atoms with Crippen molar-refractivity contribution in [2.75, 3.05) is 0 Å². The first kappa shape index (κ1) is 21.7. The van der Waals surface area contributed by atoms with Crippen molar-refractivity contribution >= 4 is 35.4 Å². The van der Waals surface area contributed by atoms with Gasteiger partial charge in [-0.1, -0.05) is 27.7 Å². The van der Waals surface area contributed by atoms with Crippen LogP contribution in [0.3, 0.4) is 0 Å². The van der Waals surface area contributed by atoms with E-state index in [1.807, 2.05) is 0 Å². The lowest BCUT2D eigenvalue weighted by atomic mass is 10.3. The monoisotopic (exact) mass is 367 g/mol. The summed E-state index contributed by atoms with van der Waals surface area (Å²) in [5, 5.41) is 0. The summed E-state index contributed by atoms with van der Waals surface area (Å²) >= 11 is 0. The Labute approximate surface area is 138 Å². The molecule has 0 aromatic rings. The predicted octanol–water partition coefficient (Wildman–Crippen LogP) is 3.39. The van der Waals surface area contributed by atoms with Crippen molar-refractivity contribution in [3.63, 3.8) is 0 Å². The third kappa shape index (κ3) is 7.69. The molecule has 0 heterocycles. The highest BCUT2D eigenvalue weighted by Crippen LogP contribution is 2.25. The lowest BCUT2D eigenvalue weighted by Gasteiger charge is -2.46. The Bertz CT molecular complexity index is 291. The van der Waals surface area contributed by atoms with E-state index < -0.39 is 35.4 Å². The van der Waals surface area contributed by atoms with Gasteiger partial charge in [0.05, 0.1) is 0 Å². The summed E-state index contributed by atoms with van der Waals surface area (Å²) in [6, 6.07) is 0.940. The van der Waals surface area contributed by atoms with Crippen LogP contribution in [0.4, 0.5) is 0 Å². The van der Waals surface area contributed by atoms with Crippen molar-refractivity contribution in [1.82, 2.24) is 4.57 Å². The minimum Gasteiger partial charge on any atom is -0.420 e. The van der Waals surface area contributed by atoms with Crippen LogP contribution >= 0.6 is 0 Å². The molecular weight excluding hydrogens is 330 g/mol. The van der Waals surface area contributed by atoms with Gasteiger partial charge in [0.25, 0.3) is 8.48 Å². The lowest BCUT2D eigenvalue weighted by molar-refractivity contribution is 0.208. The molecule has 0 saturated heterocycles. The van der Waals surface area contributed by atoms with E-state index in [1.165, 1.54) is 0 Å². The molecule has 0 fully saturated rings. The zero-order chi connectivity index (χ0) is 17.0. The van der Waals surface area contributed by atoms with Crippen molar-refractivity contribution in [3.8, 4) is 0 Å². The molecule has 0 unspecified atom stereocenters. The van der Waals surface area contributed by atoms with E-state index in [4.69, 9.17) is 12.3 Å². The maximum absolute atomic E-state index is 6.66. The standard InChI is InChI=1S/C13H37NO3Si4/c1-12(2)14(13(3)4)20(9,10)17-21(11,15-18(5)6)16-19(7)8/h12-13,18-19H,1-11H3. The Balaban J connectivity index is 5.28. The number of hydrogen-bond acceptors (Lipinski definition) is 4. The highest BCUT2D eigenvalue weighted by molar-refractivity contribution is 6.83. The molecule has 4 nitrogen and oxygen atoms in total. The third-order valence-electron chi connectivity index (χ3n) is 3.07. The molecule has 0 radical (unpaired) electrons. The van der Waals surface area contributed by atoms with Crippen molar-refractivity contribution in [2.24, 2.45) is 0 Å². The topological polar surface area (TPSA) is 30.9 Å². The molecule has 8 heteroatoms. The molecular formula is C13H37NO3Si4. The quantitative estimate of drug-likeness (QED) is 0.584. The Morgan fingerprint density at radius 1 is 0.762 bits per heavy atom. The SMILES string of the molecule is CC(C)N(C(C)C)[Si](C)(C)O[Si](C)(O[SiH](C)C)O[SiH](C)C. The van der Waals surface area contributed by atoms with Gasteiger partial charge in [-0.25, -0.2) is 0 Å². The van der Waals surface area contributed by atoms with Gasteiger partial charge in [0.1, 0.15) is 0 Å². The molecule has 0 amide bonds. The van der Waals surface area contributed by atoms with Gasteiger partial charge in [0.2, 0.25) is 0 Å². The molecule has 0 bridgehead atoms. The maximum atomic E-state index is 6.66. The summed E-state index contributed by atoms with van der Waals surface area (Å²) < 4.78 is 21.7. The van der Waals surface area contributed by atoms with E-state index in [2.05, 4.69) is 78.1 Å². The zero-order valence-corrected chi connectivity index (χ0v) is 20.3. The van der Waals surface area contributed by atoms with Crippen LogP contribution < -0.4 is 0 Å². The van der Waals surface area contributed by atoms with Crippen LogP contribution in [0.2, 0.25) is 45.8 Å². The number of hydrogen-bond donors (Lipinski definition) is 0. The van der Waals surface area contributed by atoms with E-state index in [-0.39, 0.29) is 0 Å². The van der Waals surface area contributed by atoms with Gasteiger partial charge >= 0.3 is 8.80 Å². The Morgan fingerprint density at radius 3 is 1.33 bits per heavy atom. The minimum absolute atomic E-state index is 0.470. The maximum Gasteiger partial charge on any atom is 0.466 e. The molecule has 0 aliphatic heterocycles. The normalized spacial score (nSPS) is 14.3. The van der Waals surface area contributed by atoms with Crippen LogP contribution in [-0.4, -0.2) is 52.0 Å². The smallest absolute Gasteiger partial charge is 0.420 e. The Morgan fingerprint density at radius 2 is 1.10 bits per heavy atom. The van der Waals surface area contributed by atoms with Gasteiger partial charge in [-0.15, -0.1) is 0 Å². The summed E-state index contributed by atoms with van der Waals surface area (Å²) in [6.45, 7) is 24.4. The van der Waals surface area contributed by atoms with Crippen LogP contribution in [0.5, 0.6) is 0 Å². The first-order valence-electron chi connectivity index (χ1n) is 8.15. The highest BCUT2D eigenvalue weighted by Gasteiger charge is 2.46. The Hall–Kier alpha value is 0.708. The van der Waals surface area contributed by atoms with Gasteiger partial charge in [0.15, 0.2) is 18.1 Å². The summed E-state index contributed by atoms with van der Waals surface area (Å²) in [4.78, 5) is 0. The van der Waals surface area contributed by atoms with Crippen LogP contribution in [0, 0.1) is 0 Å². The number of nitrogens with zero attached hydrogens (tertiary/aromatic N) is 1. The third-order valence-corrected chi connectivity index (χ3v) is 16.0. The van der Waals surface area contributed by atoms with Gasteiger partial charge in [-0.05, 0) is 51.4 Å². The average Bonchev–Trinajstić information content (AvgIpc) is 2.08. The molecule has 0 rings (SSSR count). The minimum atomic E-state index is -2.52. The van der Waals surface area contributed by atoms with Gasteiger partial charge < -0.3 is 12.3 Å². The second-order valence-corrected chi connectivity index (χ2v) is 19.4. The second kappa shape index (κ2) is 8.53. The van der Waals surface area contributed by atoms with Crippen molar-refractivity contribution in [1.29, 1.82) is 0 Å². The summed E-state index contributed by atoms with van der Waals surface area (Å²) in [5.41, 5.74) is 0. The molecule has 0 aliphatic rings. The van der Waals surface area contributed by atoms with E-state index in [0.717, 1.165) is 0 Å². The fraction of sp³-hybridized carbons (Fsp3) is 1.00. The van der Waals surface area contributed by atoms with E-state index in [9.17, 15) is 0 Å². The highest BCUT2D eigenvalue weighted by atomic mass is 28.5. The lowest BCUT2D eigenvalue weighted by Crippen LogP contribution is -2.64. The van der Waals surface area contributed by atoms with E-state index >= 15 is 0 Å². The Kier molecular flexibility index (Phi) is 8.82. The van der Waals surface area contributed by atoms with Crippen LogP contribution in [0.1, 0.15) is 27.7 Å². The fourth-order valence-electron chi connectivity index (χ4n) is 3.28. The second-order valence-electron chi connectivity index (χ2n) is 7.34. The largest absolute Gasteiger partial charge is 0.466 e. The molecule has 0 aromatic carbocycles. The van der Waals surface area contributed by atoms with Crippen molar-refractivity contribution in [3.05, 3.63) is 0 Å². The molecule has 0 aliphatic carbocycles. The summed E-state index contributed by atoms with van der Waals surface area (Å²) in [6.07, 6.45) is 0. The first-order valence-corrected chi connectivity index (χ1v) is 18.8. The zero-order valence-electron chi connectivity index (χ0n) is 16.0. The molecule has 21 heavy (non-hydrogen) atoms. The van der Waals surface area contributed by atoms with Crippen LogP contribution in [-0.2, 0) is 12.3 Å². The van der Waals surface area contributed by atoms with Crippen LogP contribution in [0.25, 0.3) is 0 Å². The van der Waals surface area contributed by atoms with Crippen LogP contribution in [0.15, 0.2) is 0 Å². The van der Waals surface area contributed by atoms with Gasteiger partial charge in [-0.2, -0.15) is 0 Å². The first-order chi connectivity index (χ1) is 9.30. The van der Waals surface area contributed by atoms with Crippen molar-refractivity contribution < 1.29 is 12.3 Å². The van der Waals surface area contributed by atoms with Crippen molar-refractivity contribution in [2.45, 2.75) is 85.6 Å². The fourth-order valence-corrected chi connectivity index (χ4v) is 18.6. The molecule has 128 valence electrons. The van der Waals surface area contributed by atoms with Gasteiger partial charge in [0, 0.05) is 6.55 Å². The molecule has 0 saturated carbocycles. The van der Waals surface area contributed by atoms with E-state index in [0.29, 0.717) is 12.1 Å².